The summed E-state index contributed by atoms with van der Waals surface area (Å²) >= 11 is 0. The zero-order chi connectivity index (χ0) is 13.5. The third-order valence-electron chi connectivity index (χ3n) is 3.75. The van der Waals surface area contributed by atoms with E-state index >= 15 is 0 Å². The Hall–Kier alpha value is -2.33. The molecule has 0 aliphatic carbocycles. The van der Waals surface area contributed by atoms with E-state index in [9.17, 15) is 0 Å². The highest BCUT2D eigenvalue weighted by atomic mass is 15.0. The lowest BCUT2D eigenvalue weighted by Gasteiger charge is -2.07. The lowest BCUT2D eigenvalue weighted by atomic mass is 10.1. The second-order valence-electron chi connectivity index (χ2n) is 5.07. The fourth-order valence-corrected chi connectivity index (χ4v) is 2.68. The van der Waals surface area contributed by atoms with Gasteiger partial charge in [-0.05, 0) is 31.2 Å². The maximum absolute atomic E-state index is 4.70. The Bertz CT molecular complexity index is 811. The smallest absolute Gasteiger partial charge is 0.159 e. The number of hydrogen-bond acceptors (Lipinski definition) is 4. The molecule has 3 aromatic rings. The number of aryl methyl sites for hydroxylation is 1. The average molecular weight is 262 g/mol. The Labute approximate surface area is 116 Å². The highest BCUT2D eigenvalue weighted by Gasteiger charge is 2.17. The average Bonchev–Trinajstić information content (AvgIpc) is 2.96. The summed E-state index contributed by atoms with van der Waals surface area (Å²) in [7, 11) is 0. The molecule has 2 aromatic heterocycles. The molecule has 0 fully saturated rings. The minimum Gasteiger partial charge on any atom is -0.307 e. The Morgan fingerprint density at radius 2 is 2.05 bits per heavy atom. The first-order chi connectivity index (χ1) is 9.81. The molecule has 4 rings (SSSR count). The van der Waals surface area contributed by atoms with Gasteiger partial charge in [0, 0.05) is 41.5 Å². The van der Waals surface area contributed by atoms with Crippen molar-refractivity contribution in [2.75, 3.05) is 0 Å². The van der Waals surface area contributed by atoms with E-state index < -0.39 is 0 Å². The first-order valence-electron chi connectivity index (χ1n) is 6.73. The molecule has 1 aliphatic rings. The lowest BCUT2D eigenvalue weighted by molar-refractivity contribution is 0.757. The predicted octanol–water partition coefficient (Wildman–Crippen LogP) is 2.60. The highest BCUT2D eigenvalue weighted by Crippen LogP contribution is 2.24. The Kier molecular flexibility index (Phi) is 2.50. The van der Waals surface area contributed by atoms with Gasteiger partial charge in [0.05, 0.1) is 11.2 Å². The van der Waals surface area contributed by atoms with Crippen molar-refractivity contribution in [3.8, 4) is 11.4 Å². The van der Waals surface area contributed by atoms with E-state index in [1.165, 1.54) is 5.56 Å². The molecule has 1 aliphatic heterocycles. The molecule has 0 radical (unpaired) electrons. The summed E-state index contributed by atoms with van der Waals surface area (Å²) in [5, 5.41) is 4.44. The normalized spacial score (nSPS) is 13.7. The molecule has 4 nitrogen and oxygen atoms in total. The molecule has 0 amide bonds. The summed E-state index contributed by atoms with van der Waals surface area (Å²) < 4.78 is 0. The first-order valence-corrected chi connectivity index (χ1v) is 6.73. The zero-order valence-electron chi connectivity index (χ0n) is 11.2. The van der Waals surface area contributed by atoms with E-state index in [-0.39, 0.29) is 0 Å². The van der Waals surface area contributed by atoms with E-state index in [2.05, 4.69) is 34.3 Å². The van der Waals surface area contributed by atoms with Gasteiger partial charge < -0.3 is 5.32 Å². The molecule has 98 valence electrons. The largest absolute Gasteiger partial charge is 0.307 e. The van der Waals surface area contributed by atoms with Crippen LogP contribution in [0, 0.1) is 6.92 Å². The number of rotatable bonds is 1. The maximum atomic E-state index is 4.70. The van der Waals surface area contributed by atoms with Gasteiger partial charge in [0.2, 0.25) is 0 Å². The highest BCUT2D eigenvalue weighted by molar-refractivity contribution is 5.83. The number of fused-ring (bicyclic) bond motifs is 2. The van der Waals surface area contributed by atoms with E-state index in [4.69, 9.17) is 4.98 Å². The zero-order valence-corrected chi connectivity index (χ0v) is 11.2. The summed E-state index contributed by atoms with van der Waals surface area (Å²) in [6.07, 6.45) is 1.81. The summed E-state index contributed by atoms with van der Waals surface area (Å²) in [6.45, 7) is 3.77. The van der Waals surface area contributed by atoms with Gasteiger partial charge in [-0.1, -0.05) is 6.07 Å². The van der Waals surface area contributed by atoms with Crippen LogP contribution in [0.2, 0.25) is 0 Å². The SMILES string of the molecule is Cc1nc(-c2ccc3ncccc3c2)nc2c1CNC2. The van der Waals surface area contributed by atoms with Gasteiger partial charge in [-0.25, -0.2) is 9.97 Å². The van der Waals surface area contributed by atoms with Gasteiger partial charge in [-0.2, -0.15) is 0 Å². The van der Waals surface area contributed by atoms with Crippen molar-refractivity contribution in [1.29, 1.82) is 0 Å². The minimum atomic E-state index is 0.802. The van der Waals surface area contributed by atoms with Crippen LogP contribution in [-0.2, 0) is 13.1 Å². The van der Waals surface area contributed by atoms with Crippen molar-refractivity contribution in [3.63, 3.8) is 0 Å². The monoisotopic (exact) mass is 262 g/mol. The maximum Gasteiger partial charge on any atom is 0.159 e. The summed E-state index contributed by atoms with van der Waals surface area (Å²) in [5.74, 6) is 0.802. The summed E-state index contributed by atoms with van der Waals surface area (Å²) in [5.41, 5.74) is 5.48. The molecule has 1 aromatic carbocycles. The van der Waals surface area contributed by atoms with Crippen LogP contribution in [0.5, 0.6) is 0 Å². The van der Waals surface area contributed by atoms with Gasteiger partial charge in [-0.15, -0.1) is 0 Å². The second-order valence-corrected chi connectivity index (χ2v) is 5.07. The topological polar surface area (TPSA) is 50.7 Å². The lowest BCUT2D eigenvalue weighted by Crippen LogP contribution is -2.00. The Morgan fingerprint density at radius 3 is 3.00 bits per heavy atom. The fraction of sp³-hybridized carbons (Fsp3) is 0.188. The summed E-state index contributed by atoms with van der Waals surface area (Å²) in [6, 6.07) is 10.2. The van der Waals surface area contributed by atoms with Gasteiger partial charge >= 0.3 is 0 Å². The number of aromatic nitrogens is 3. The fourth-order valence-electron chi connectivity index (χ4n) is 2.68. The van der Waals surface area contributed by atoms with Crippen molar-refractivity contribution in [2.24, 2.45) is 0 Å². The molecule has 4 heteroatoms. The van der Waals surface area contributed by atoms with Crippen LogP contribution in [0.4, 0.5) is 0 Å². The second kappa shape index (κ2) is 4.35. The van der Waals surface area contributed by atoms with Crippen LogP contribution in [0.1, 0.15) is 17.0 Å². The molecule has 0 spiro atoms. The van der Waals surface area contributed by atoms with Gasteiger partial charge in [0.15, 0.2) is 5.82 Å². The van der Waals surface area contributed by atoms with Crippen LogP contribution in [-0.4, -0.2) is 15.0 Å². The molecule has 20 heavy (non-hydrogen) atoms. The van der Waals surface area contributed by atoms with E-state index in [1.807, 2.05) is 24.4 Å². The molecular formula is C16H14N4. The number of benzene rings is 1. The van der Waals surface area contributed by atoms with E-state index in [1.54, 1.807) is 0 Å². The van der Waals surface area contributed by atoms with Crippen molar-refractivity contribution in [1.82, 2.24) is 20.3 Å². The predicted molar refractivity (Wildman–Crippen MR) is 78.0 cm³/mol. The van der Waals surface area contributed by atoms with Gasteiger partial charge in [-0.3, -0.25) is 4.98 Å². The molecule has 0 saturated heterocycles. The first kappa shape index (κ1) is 11.5. The van der Waals surface area contributed by atoms with Crippen LogP contribution in [0.15, 0.2) is 36.5 Å². The van der Waals surface area contributed by atoms with Crippen LogP contribution < -0.4 is 5.32 Å². The molecule has 0 unspecified atom stereocenters. The van der Waals surface area contributed by atoms with Crippen LogP contribution in [0.25, 0.3) is 22.3 Å². The molecule has 3 heterocycles. The van der Waals surface area contributed by atoms with E-state index in [0.717, 1.165) is 46.8 Å². The number of nitrogens with zero attached hydrogens (tertiary/aromatic N) is 3. The molecule has 0 saturated carbocycles. The van der Waals surface area contributed by atoms with E-state index in [0.29, 0.717) is 0 Å². The molecule has 0 bridgehead atoms. The van der Waals surface area contributed by atoms with Crippen LogP contribution >= 0.6 is 0 Å². The van der Waals surface area contributed by atoms with Gasteiger partial charge in [0.25, 0.3) is 0 Å². The minimum absolute atomic E-state index is 0.802. The van der Waals surface area contributed by atoms with Gasteiger partial charge in [0.1, 0.15) is 0 Å². The number of nitrogens with one attached hydrogen (secondary N) is 1. The molecule has 0 atom stereocenters. The summed E-state index contributed by atoms with van der Waals surface area (Å²) in [4.78, 5) is 13.7. The number of pyridine rings is 1. The quantitative estimate of drug-likeness (QED) is 0.732. The Morgan fingerprint density at radius 1 is 1.10 bits per heavy atom. The standard InChI is InChI=1S/C16H14N4/c1-10-13-8-17-9-15(13)20-16(19-10)12-4-5-14-11(7-12)3-2-6-18-14/h2-7,17H,8-9H2,1H3. The third-order valence-corrected chi connectivity index (χ3v) is 3.75. The van der Waals surface area contributed by atoms with Crippen molar-refractivity contribution in [3.05, 3.63) is 53.5 Å². The van der Waals surface area contributed by atoms with Crippen molar-refractivity contribution >= 4 is 10.9 Å². The van der Waals surface area contributed by atoms with Crippen molar-refractivity contribution < 1.29 is 0 Å². The van der Waals surface area contributed by atoms with Crippen LogP contribution in [0.3, 0.4) is 0 Å². The third kappa shape index (κ3) is 1.77. The molecule has 1 N–H and O–H groups in total. The number of hydrogen-bond donors (Lipinski definition) is 1. The Balaban J connectivity index is 1.88. The van der Waals surface area contributed by atoms with Crippen molar-refractivity contribution in [2.45, 2.75) is 20.0 Å². The molecular weight excluding hydrogens is 248 g/mol.